The molecule has 1 heterocycles. The molecule has 0 saturated carbocycles. The predicted molar refractivity (Wildman–Crippen MR) is 138 cm³/mol. The number of carbonyl (C=O) groups is 2. The van der Waals surface area contributed by atoms with Crippen LogP contribution in [0.25, 0.3) is 10.8 Å². The van der Waals surface area contributed by atoms with Gasteiger partial charge in [0, 0.05) is 19.0 Å². The molecular weight excluding hydrogens is 462 g/mol. The maximum absolute atomic E-state index is 12.6. The number of ketones is 1. The monoisotopic (exact) mass is 495 g/mol. The van der Waals surface area contributed by atoms with E-state index in [0.29, 0.717) is 36.4 Å². The van der Waals surface area contributed by atoms with E-state index < -0.39 is 10.0 Å². The average molecular weight is 496 g/mol. The maximum Gasteiger partial charge on any atom is 0.337 e. The minimum absolute atomic E-state index is 0.0144. The molecule has 0 spiro atoms. The lowest BCUT2D eigenvalue weighted by molar-refractivity contribution is -0.121. The van der Waals surface area contributed by atoms with Crippen LogP contribution in [0.1, 0.15) is 46.8 Å². The molecule has 1 aliphatic rings. The summed E-state index contributed by atoms with van der Waals surface area (Å²) in [6.07, 6.45) is 1.25. The van der Waals surface area contributed by atoms with Gasteiger partial charge in [0.05, 0.1) is 17.6 Å². The van der Waals surface area contributed by atoms with Gasteiger partial charge in [-0.1, -0.05) is 47.5 Å². The summed E-state index contributed by atoms with van der Waals surface area (Å²) in [7, 11) is -2.05. The Balaban J connectivity index is 0.000000203. The van der Waals surface area contributed by atoms with Crippen LogP contribution in [0.15, 0.2) is 59.5 Å². The Morgan fingerprint density at radius 2 is 1.43 bits per heavy atom. The number of hydrogen-bond acceptors (Lipinski definition) is 5. The molecule has 0 atom stereocenters. The largest absolute Gasteiger partial charge is 0.465 e. The molecule has 186 valence electrons. The number of carbonyl (C=O) groups excluding carboxylic acids is 2. The zero-order chi connectivity index (χ0) is 25.8. The Hall–Kier alpha value is -3.03. The summed E-state index contributed by atoms with van der Waals surface area (Å²) in [4.78, 5) is 23.0. The Morgan fingerprint density at radius 3 is 2.03 bits per heavy atom. The Kier molecular flexibility index (Phi) is 8.46. The van der Waals surface area contributed by atoms with E-state index in [2.05, 4.69) is 10.8 Å². The Morgan fingerprint density at radius 1 is 0.857 bits per heavy atom. The number of ether oxygens (including phenoxy) is 1. The van der Waals surface area contributed by atoms with Crippen LogP contribution < -0.4 is 0 Å². The summed E-state index contributed by atoms with van der Waals surface area (Å²) < 4.78 is 31.4. The smallest absolute Gasteiger partial charge is 0.337 e. The second-order valence-electron chi connectivity index (χ2n) is 9.11. The maximum atomic E-state index is 12.6. The number of piperidine rings is 1. The van der Waals surface area contributed by atoms with Gasteiger partial charge in [0.2, 0.25) is 10.0 Å². The zero-order valence-corrected chi connectivity index (χ0v) is 21.8. The van der Waals surface area contributed by atoms with Gasteiger partial charge in [-0.3, -0.25) is 4.79 Å². The summed E-state index contributed by atoms with van der Waals surface area (Å²) in [6.45, 7) is 8.26. The molecule has 6 nitrogen and oxygen atoms in total. The van der Waals surface area contributed by atoms with Crippen LogP contribution in [-0.4, -0.2) is 44.7 Å². The topological polar surface area (TPSA) is 80.8 Å². The molecule has 0 radical (unpaired) electrons. The third kappa shape index (κ3) is 6.35. The number of fused-ring (bicyclic) bond motifs is 1. The van der Waals surface area contributed by atoms with Crippen molar-refractivity contribution in [2.75, 3.05) is 20.2 Å². The van der Waals surface area contributed by atoms with Gasteiger partial charge < -0.3 is 4.74 Å². The van der Waals surface area contributed by atoms with E-state index in [9.17, 15) is 18.0 Å². The quantitative estimate of drug-likeness (QED) is 0.463. The minimum Gasteiger partial charge on any atom is -0.465 e. The van der Waals surface area contributed by atoms with Crippen LogP contribution in [0.2, 0.25) is 0 Å². The fraction of sp³-hybridized carbons (Fsp3) is 0.357. The first-order valence-corrected chi connectivity index (χ1v) is 13.1. The molecule has 7 heteroatoms. The number of hydrogen-bond donors (Lipinski definition) is 0. The van der Waals surface area contributed by atoms with E-state index in [1.807, 2.05) is 57.2 Å². The molecule has 0 amide bonds. The number of nitrogens with zero attached hydrogens (tertiary/aromatic N) is 1. The van der Waals surface area contributed by atoms with Crippen LogP contribution in [0.5, 0.6) is 0 Å². The third-order valence-corrected chi connectivity index (χ3v) is 8.45. The highest BCUT2D eigenvalue weighted by atomic mass is 32.2. The molecule has 0 unspecified atom stereocenters. The molecular formula is C28H33NO5S. The number of Topliss-reactive ketones (excluding diaryl/α,β-unsaturated/α-hetero) is 1. The molecule has 0 N–H and O–H groups in total. The van der Waals surface area contributed by atoms with E-state index in [0.717, 1.165) is 21.9 Å². The standard InChI is InChI=1S/C15H21NO3S.C13H12O2/c1-11-4-5-15(12(2)10-11)20(18,19)16-8-6-14(7-9-16)13(3)17;1-9-3-4-11-8-12(13(14)15-2)6-5-10(11)7-9/h4-5,10,14H,6-9H2,1-3H3;3-8H,1-2H3. The molecule has 3 aromatic rings. The number of rotatable bonds is 4. The first-order valence-electron chi connectivity index (χ1n) is 11.7. The number of esters is 1. The van der Waals surface area contributed by atoms with Crippen molar-refractivity contribution in [3.63, 3.8) is 0 Å². The van der Waals surface area contributed by atoms with E-state index in [-0.39, 0.29) is 17.7 Å². The molecule has 0 aliphatic carbocycles. The van der Waals surface area contributed by atoms with Gasteiger partial charge in [-0.05, 0) is 75.1 Å². The highest BCUT2D eigenvalue weighted by Crippen LogP contribution is 2.26. The van der Waals surface area contributed by atoms with E-state index in [4.69, 9.17) is 0 Å². The normalized spacial score (nSPS) is 14.8. The fourth-order valence-electron chi connectivity index (χ4n) is 4.34. The van der Waals surface area contributed by atoms with Crippen molar-refractivity contribution >= 4 is 32.5 Å². The molecule has 35 heavy (non-hydrogen) atoms. The van der Waals surface area contributed by atoms with E-state index in [1.165, 1.54) is 17.0 Å². The molecule has 3 aromatic carbocycles. The number of aryl methyl sites for hydroxylation is 3. The van der Waals surface area contributed by atoms with Crippen molar-refractivity contribution < 1.29 is 22.7 Å². The number of methoxy groups -OCH3 is 1. The van der Waals surface area contributed by atoms with Crippen molar-refractivity contribution in [2.24, 2.45) is 5.92 Å². The van der Waals surface area contributed by atoms with Gasteiger partial charge in [-0.25, -0.2) is 13.2 Å². The number of sulfonamides is 1. The predicted octanol–water partition coefficient (Wildman–Crippen LogP) is 5.23. The molecule has 1 fully saturated rings. The van der Waals surface area contributed by atoms with Crippen molar-refractivity contribution in [3.8, 4) is 0 Å². The van der Waals surface area contributed by atoms with E-state index in [1.54, 1.807) is 19.1 Å². The SMILES string of the molecule is CC(=O)C1CCN(S(=O)(=O)c2ccc(C)cc2C)CC1.COC(=O)c1ccc2cc(C)ccc2c1. The highest BCUT2D eigenvalue weighted by Gasteiger charge is 2.31. The highest BCUT2D eigenvalue weighted by molar-refractivity contribution is 7.89. The van der Waals surface area contributed by atoms with Crippen molar-refractivity contribution in [1.29, 1.82) is 0 Å². The van der Waals surface area contributed by atoms with Gasteiger partial charge in [-0.15, -0.1) is 0 Å². The lowest BCUT2D eigenvalue weighted by atomic mass is 9.95. The minimum atomic E-state index is -3.44. The summed E-state index contributed by atoms with van der Waals surface area (Å²) in [5, 5.41) is 2.20. The molecule has 4 rings (SSSR count). The van der Waals surface area contributed by atoms with Crippen LogP contribution >= 0.6 is 0 Å². The lowest BCUT2D eigenvalue weighted by Crippen LogP contribution is -2.40. The van der Waals surface area contributed by atoms with Crippen LogP contribution in [0.3, 0.4) is 0 Å². The van der Waals surface area contributed by atoms with Gasteiger partial charge in [0.25, 0.3) is 0 Å². The van der Waals surface area contributed by atoms with Gasteiger partial charge in [0.1, 0.15) is 5.78 Å². The summed E-state index contributed by atoms with van der Waals surface area (Å²) in [5.74, 6) is -0.119. The average Bonchev–Trinajstić information content (AvgIpc) is 2.83. The van der Waals surface area contributed by atoms with Crippen LogP contribution in [0.4, 0.5) is 0 Å². The fourth-order valence-corrected chi connectivity index (χ4v) is 6.02. The second-order valence-corrected chi connectivity index (χ2v) is 11.0. The second kappa shape index (κ2) is 11.1. The van der Waals surface area contributed by atoms with Crippen LogP contribution in [-0.2, 0) is 19.6 Å². The van der Waals surface area contributed by atoms with Gasteiger partial charge in [-0.2, -0.15) is 4.31 Å². The summed E-state index contributed by atoms with van der Waals surface area (Å²) in [5.41, 5.74) is 3.64. The first-order chi connectivity index (χ1) is 16.5. The molecule has 1 aliphatic heterocycles. The van der Waals surface area contributed by atoms with Crippen molar-refractivity contribution in [2.45, 2.75) is 45.4 Å². The first kappa shape index (κ1) is 26.6. The zero-order valence-electron chi connectivity index (χ0n) is 21.0. The third-order valence-electron chi connectivity index (χ3n) is 6.39. The van der Waals surface area contributed by atoms with Crippen LogP contribution in [0, 0.1) is 26.7 Å². The van der Waals surface area contributed by atoms with Gasteiger partial charge in [0.15, 0.2) is 0 Å². The Bertz CT molecular complexity index is 1340. The van der Waals surface area contributed by atoms with Crippen molar-refractivity contribution in [3.05, 3.63) is 76.9 Å². The summed E-state index contributed by atoms with van der Waals surface area (Å²) in [6, 6.07) is 17.1. The number of benzene rings is 3. The Labute approximate surface area is 208 Å². The van der Waals surface area contributed by atoms with Gasteiger partial charge >= 0.3 is 5.97 Å². The van der Waals surface area contributed by atoms with Crippen molar-refractivity contribution in [1.82, 2.24) is 4.31 Å². The lowest BCUT2D eigenvalue weighted by Gasteiger charge is -2.30. The van der Waals surface area contributed by atoms with E-state index >= 15 is 0 Å². The molecule has 0 aromatic heterocycles. The summed E-state index contributed by atoms with van der Waals surface area (Å²) >= 11 is 0. The molecule has 0 bridgehead atoms. The molecule has 1 saturated heterocycles.